The van der Waals surface area contributed by atoms with E-state index in [1.807, 2.05) is 6.92 Å². The van der Waals surface area contributed by atoms with Gasteiger partial charge in [0.2, 0.25) is 0 Å². The number of halogens is 5. The number of ether oxygens (including phenoxy) is 2. The quantitative estimate of drug-likeness (QED) is 0.269. The summed E-state index contributed by atoms with van der Waals surface area (Å²) >= 11 is 12.1. The molecule has 0 aliphatic rings. The van der Waals surface area contributed by atoms with E-state index < -0.39 is 17.6 Å². The van der Waals surface area contributed by atoms with Gasteiger partial charge in [-0.1, -0.05) is 35.3 Å². The van der Waals surface area contributed by atoms with Gasteiger partial charge in [0.1, 0.15) is 6.61 Å². The summed E-state index contributed by atoms with van der Waals surface area (Å²) in [5.74, 6) is 0.144. The molecule has 0 heterocycles. The van der Waals surface area contributed by atoms with E-state index in [2.05, 4.69) is 10.5 Å². The molecule has 1 N–H and O–H groups in total. The number of hydrogen-bond donors (Lipinski definition) is 1. The Morgan fingerprint density at radius 1 is 1.03 bits per heavy atom. The fourth-order valence-electron chi connectivity index (χ4n) is 2.85. The Kier molecular flexibility index (Phi) is 8.41. The lowest BCUT2D eigenvalue weighted by Crippen LogP contribution is -2.18. The summed E-state index contributed by atoms with van der Waals surface area (Å²) in [6, 6.07) is 14.2. The van der Waals surface area contributed by atoms with Crippen LogP contribution in [0.3, 0.4) is 0 Å². The first-order valence-corrected chi connectivity index (χ1v) is 10.8. The second-order valence-corrected chi connectivity index (χ2v) is 7.78. The molecule has 0 aliphatic carbocycles. The number of hydrogen-bond acceptors (Lipinski definition) is 4. The van der Waals surface area contributed by atoms with Crippen molar-refractivity contribution in [1.29, 1.82) is 0 Å². The highest BCUT2D eigenvalue weighted by Gasteiger charge is 2.30. The van der Waals surface area contributed by atoms with Gasteiger partial charge in [-0.2, -0.15) is 18.3 Å². The number of amides is 1. The van der Waals surface area contributed by atoms with Gasteiger partial charge in [-0.15, -0.1) is 0 Å². The van der Waals surface area contributed by atoms with Crippen molar-refractivity contribution in [2.24, 2.45) is 5.10 Å². The first-order valence-electron chi connectivity index (χ1n) is 10.0. The fourth-order valence-corrected chi connectivity index (χ4v) is 3.32. The summed E-state index contributed by atoms with van der Waals surface area (Å²) in [6.45, 7) is 2.39. The summed E-state index contributed by atoms with van der Waals surface area (Å²) in [5, 5.41) is 4.82. The Hall–Kier alpha value is -3.23. The molecule has 0 saturated heterocycles. The Bertz CT molecular complexity index is 1200. The third-order valence-electron chi connectivity index (χ3n) is 4.50. The molecule has 0 bridgehead atoms. The minimum absolute atomic E-state index is 0.161. The van der Waals surface area contributed by atoms with Gasteiger partial charge in [0.05, 0.1) is 18.4 Å². The van der Waals surface area contributed by atoms with Crippen LogP contribution < -0.4 is 14.9 Å². The zero-order valence-corrected chi connectivity index (χ0v) is 19.3. The maximum atomic E-state index is 12.8. The Labute approximate surface area is 204 Å². The molecule has 10 heteroatoms. The highest BCUT2D eigenvalue weighted by molar-refractivity contribution is 6.35. The number of hydrazone groups is 1. The molecule has 0 aromatic heterocycles. The minimum Gasteiger partial charge on any atom is -0.490 e. The van der Waals surface area contributed by atoms with Crippen molar-refractivity contribution in [1.82, 2.24) is 5.43 Å². The average Bonchev–Trinajstić information content (AvgIpc) is 2.79. The molecule has 3 aromatic rings. The van der Waals surface area contributed by atoms with Crippen LogP contribution in [-0.2, 0) is 12.8 Å². The standard InChI is InChI=1S/C24H19Cl2F3N2O3/c1-2-33-22-10-15(6-9-21(22)34-14-17-7-8-19(25)12-20(17)26)13-30-31-23(32)16-4-3-5-18(11-16)24(27,28)29/h3-13H,2,14H2,1H3,(H,31,32)/b30-13-. The van der Waals surface area contributed by atoms with Crippen LogP contribution in [0.25, 0.3) is 0 Å². The molecule has 178 valence electrons. The Morgan fingerprint density at radius 2 is 1.82 bits per heavy atom. The number of carbonyl (C=O) groups excluding carboxylic acids is 1. The van der Waals surface area contributed by atoms with Gasteiger partial charge in [-0.3, -0.25) is 4.79 Å². The Morgan fingerprint density at radius 3 is 2.53 bits per heavy atom. The van der Waals surface area contributed by atoms with E-state index in [9.17, 15) is 18.0 Å². The van der Waals surface area contributed by atoms with Crippen molar-refractivity contribution in [3.05, 3.63) is 93.0 Å². The largest absolute Gasteiger partial charge is 0.490 e. The second-order valence-electron chi connectivity index (χ2n) is 6.94. The van der Waals surface area contributed by atoms with E-state index >= 15 is 0 Å². The first-order chi connectivity index (χ1) is 16.2. The lowest BCUT2D eigenvalue weighted by atomic mass is 10.1. The second kappa shape index (κ2) is 11.3. The van der Waals surface area contributed by atoms with E-state index in [-0.39, 0.29) is 12.2 Å². The molecular weight excluding hydrogens is 492 g/mol. The number of nitrogens with zero attached hydrogens (tertiary/aromatic N) is 1. The van der Waals surface area contributed by atoms with Gasteiger partial charge in [0.15, 0.2) is 11.5 Å². The van der Waals surface area contributed by atoms with Crippen molar-refractivity contribution in [3.63, 3.8) is 0 Å². The van der Waals surface area contributed by atoms with Crippen LogP contribution in [0.15, 0.2) is 65.8 Å². The third-order valence-corrected chi connectivity index (χ3v) is 5.08. The van der Waals surface area contributed by atoms with E-state index in [0.29, 0.717) is 33.7 Å². The third kappa shape index (κ3) is 6.88. The van der Waals surface area contributed by atoms with Crippen LogP contribution in [0.1, 0.15) is 34.0 Å². The number of nitrogens with one attached hydrogen (secondary N) is 1. The SMILES string of the molecule is CCOc1cc(/C=N\NC(=O)c2cccc(C(F)(F)F)c2)ccc1OCc1ccc(Cl)cc1Cl. The smallest absolute Gasteiger partial charge is 0.416 e. The summed E-state index contributed by atoms with van der Waals surface area (Å²) in [7, 11) is 0. The van der Waals surface area contributed by atoms with E-state index in [1.54, 1.807) is 36.4 Å². The molecule has 5 nitrogen and oxygen atoms in total. The summed E-state index contributed by atoms with van der Waals surface area (Å²) in [6.07, 6.45) is -3.20. The van der Waals surface area contributed by atoms with Crippen molar-refractivity contribution < 1.29 is 27.4 Å². The first kappa shape index (κ1) is 25.4. The lowest BCUT2D eigenvalue weighted by Gasteiger charge is -2.13. The van der Waals surface area contributed by atoms with Gasteiger partial charge in [-0.05, 0) is 61.0 Å². The predicted molar refractivity (Wildman–Crippen MR) is 125 cm³/mol. The van der Waals surface area contributed by atoms with Gasteiger partial charge in [-0.25, -0.2) is 5.43 Å². The van der Waals surface area contributed by atoms with Crippen LogP contribution in [0, 0.1) is 0 Å². The normalized spacial score (nSPS) is 11.5. The highest BCUT2D eigenvalue weighted by atomic mass is 35.5. The van der Waals surface area contributed by atoms with Crippen LogP contribution in [0.5, 0.6) is 11.5 Å². The number of alkyl halides is 3. The molecule has 0 saturated carbocycles. The van der Waals surface area contributed by atoms with E-state index in [0.717, 1.165) is 23.8 Å². The number of carbonyl (C=O) groups is 1. The zero-order valence-electron chi connectivity index (χ0n) is 17.8. The van der Waals surface area contributed by atoms with E-state index in [1.165, 1.54) is 12.3 Å². The zero-order chi connectivity index (χ0) is 24.7. The molecule has 0 radical (unpaired) electrons. The van der Waals surface area contributed by atoms with Crippen molar-refractivity contribution >= 4 is 35.3 Å². The van der Waals surface area contributed by atoms with Crippen LogP contribution in [0.2, 0.25) is 10.0 Å². The Balaban J connectivity index is 1.68. The molecule has 0 aliphatic heterocycles. The van der Waals surface area contributed by atoms with Crippen molar-refractivity contribution in [2.45, 2.75) is 19.7 Å². The highest BCUT2D eigenvalue weighted by Crippen LogP contribution is 2.31. The molecule has 34 heavy (non-hydrogen) atoms. The van der Waals surface area contributed by atoms with Gasteiger partial charge < -0.3 is 9.47 Å². The molecular formula is C24H19Cl2F3N2O3. The lowest BCUT2D eigenvalue weighted by molar-refractivity contribution is -0.137. The summed E-state index contributed by atoms with van der Waals surface area (Å²) < 4.78 is 49.9. The topological polar surface area (TPSA) is 59.9 Å². The van der Waals surface area contributed by atoms with Crippen molar-refractivity contribution in [2.75, 3.05) is 6.61 Å². The maximum absolute atomic E-state index is 12.8. The van der Waals surface area contributed by atoms with E-state index in [4.69, 9.17) is 32.7 Å². The molecule has 3 aromatic carbocycles. The fraction of sp³-hybridized carbons (Fsp3) is 0.167. The molecule has 1 amide bonds. The van der Waals surface area contributed by atoms with Gasteiger partial charge in [0, 0.05) is 21.2 Å². The monoisotopic (exact) mass is 510 g/mol. The molecule has 0 unspecified atom stereocenters. The van der Waals surface area contributed by atoms with Crippen LogP contribution >= 0.6 is 23.2 Å². The number of rotatable bonds is 8. The van der Waals surface area contributed by atoms with Crippen LogP contribution in [-0.4, -0.2) is 18.7 Å². The molecule has 0 atom stereocenters. The van der Waals surface area contributed by atoms with Crippen molar-refractivity contribution in [3.8, 4) is 11.5 Å². The maximum Gasteiger partial charge on any atom is 0.416 e. The summed E-state index contributed by atoms with van der Waals surface area (Å²) in [4.78, 5) is 12.2. The summed E-state index contributed by atoms with van der Waals surface area (Å²) in [5.41, 5.74) is 2.46. The molecule has 0 fully saturated rings. The van der Waals surface area contributed by atoms with Gasteiger partial charge in [0.25, 0.3) is 5.91 Å². The average molecular weight is 511 g/mol. The van der Waals surface area contributed by atoms with Gasteiger partial charge >= 0.3 is 6.18 Å². The molecule has 0 spiro atoms. The number of benzene rings is 3. The predicted octanol–water partition coefficient (Wildman–Crippen LogP) is 6.75. The van der Waals surface area contributed by atoms with Crippen LogP contribution in [0.4, 0.5) is 13.2 Å². The minimum atomic E-state index is -4.54. The molecule has 3 rings (SSSR count).